The Bertz CT molecular complexity index is 790. The van der Waals surface area contributed by atoms with Crippen molar-refractivity contribution in [1.82, 2.24) is 15.1 Å². The molecule has 0 radical (unpaired) electrons. The van der Waals surface area contributed by atoms with E-state index in [1.807, 2.05) is 19.0 Å². The molecule has 1 aromatic carbocycles. The van der Waals surface area contributed by atoms with E-state index >= 15 is 0 Å². The van der Waals surface area contributed by atoms with Crippen LogP contribution in [-0.2, 0) is 19.1 Å². The van der Waals surface area contributed by atoms with Crippen molar-refractivity contribution in [3.8, 4) is 0 Å². The number of carbonyl (C=O) groups is 3. The molecule has 1 unspecified atom stereocenters. The molecule has 0 bridgehead atoms. The predicted octanol–water partition coefficient (Wildman–Crippen LogP) is 2.17. The van der Waals surface area contributed by atoms with Crippen LogP contribution in [0.5, 0.6) is 0 Å². The van der Waals surface area contributed by atoms with Gasteiger partial charge in [0.25, 0.3) is 0 Å². The van der Waals surface area contributed by atoms with E-state index in [-0.39, 0.29) is 31.4 Å². The molecule has 1 aromatic rings. The van der Waals surface area contributed by atoms with Crippen molar-refractivity contribution in [2.45, 2.75) is 26.2 Å². The monoisotopic (exact) mass is 421 g/mol. The zero-order valence-electron chi connectivity index (χ0n) is 17.3. The van der Waals surface area contributed by atoms with Gasteiger partial charge in [-0.1, -0.05) is 23.7 Å². The highest BCUT2D eigenvalue weighted by atomic mass is 35.5. The number of nitrogens with one attached hydrogen (secondary N) is 1. The molecular formula is C21H28ClN3O4. The van der Waals surface area contributed by atoms with Crippen LogP contribution in [0.2, 0.25) is 5.02 Å². The van der Waals surface area contributed by atoms with Gasteiger partial charge in [-0.15, -0.1) is 0 Å². The number of carbonyl (C=O) groups excluding carboxylic acids is 3. The van der Waals surface area contributed by atoms with Crippen LogP contribution in [0.3, 0.4) is 0 Å². The maximum absolute atomic E-state index is 12.8. The Kier molecular flexibility index (Phi) is 8.22. The summed E-state index contributed by atoms with van der Waals surface area (Å²) in [4.78, 5) is 41.1. The number of halogens is 1. The van der Waals surface area contributed by atoms with E-state index in [1.165, 1.54) is 4.90 Å². The van der Waals surface area contributed by atoms with Crippen LogP contribution >= 0.6 is 11.6 Å². The van der Waals surface area contributed by atoms with Gasteiger partial charge in [0.05, 0.1) is 12.2 Å². The van der Waals surface area contributed by atoms with Crippen LogP contribution in [-0.4, -0.2) is 67.9 Å². The summed E-state index contributed by atoms with van der Waals surface area (Å²) in [5.41, 5.74) is 1.65. The second-order valence-electron chi connectivity index (χ2n) is 7.16. The second kappa shape index (κ2) is 10.4. The Morgan fingerprint density at radius 3 is 2.52 bits per heavy atom. The molecule has 8 heteroatoms. The van der Waals surface area contributed by atoms with Gasteiger partial charge < -0.3 is 19.9 Å². The highest BCUT2D eigenvalue weighted by Gasteiger charge is 2.37. The van der Waals surface area contributed by atoms with Crippen molar-refractivity contribution >= 4 is 29.4 Å². The maximum atomic E-state index is 12.8. The Hall–Kier alpha value is -2.38. The van der Waals surface area contributed by atoms with E-state index in [1.54, 1.807) is 38.1 Å². The van der Waals surface area contributed by atoms with Gasteiger partial charge in [0.2, 0.25) is 11.8 Å². The number of rotatable bonds is 8. The van der Waals surface area contributed by atoms with Crippen molar-refractivity contribution in [3.63, 3.8) is 0 Å². The zero-order chi connectivity index (χ0) is 21.6. The minimum Gasteiger partial charge on any atom is -0.463 e. The number of allylic oxidation sites excluding steroid dienone is 1. The SMILES string of the molecule is CCOC(=O)C1=C(C)N(CC(=O)NCCN(C)C)C(=O)CC1c1ccc(Cl)cc1. The Morgan fingerprint density at radius 2 is 1.93 bits per heavy atom. The van der Waals surface area contributed by atoms with Crippen LogP contribution < -0.4 is 5.32 Å². The lowest BCUT2D eigenvalue weighted by Crippen LogP contribution is -2.45. The summed E-state index contributed by atoms with van der Waals surface area (Å²) in [5, 5.41) is 3.37. The first-order valence-electron chi connectivity index (χ1n) is 9.59. The minimum absolute atomic E-state index is 0.0814. The lowest BCUT2D eigenvalue weighted by Gasteiger charge is -2.34. The molecule has 1 atom stereocenters. The van der Waals surface area contributed by atoms with E-state index < -0.39 is 11.9 Å². The summed E-state index contributed by atoms with van der Waals surface area (Å²) in [5.74, 6) is -1.40. The van der Waals surface area contributed by atoms with Gasteiger partial charge in [-0.2, -0.15) is 0 Å². The van der Waals surface area contributed by atoms with Crippen molar-refractivity contribution in [2.75, 3.05) is 40.3 Å². The van der Waals surface area contributed by atoms with Crippen molar-refractivity contribution < 1.29 is 19.1 Å². The highest BCUT2D eigenvalue weighted by molar-refractivity contribution is 6.30. The van der Waals surface area contributed by atoms with Crippen LogP contribution in [0.4, 0.5) is 0 Å². The molecular weight excluding hydrogens is 394 g/mol. The van der Waals surface area contributed by atoms with E-state index in [0.717, 1.165) is 5.56 Å². The summed E-state index contributed by atoms with van der Waals surface area (Å²) < 4.78 is 5.24. The summed E-state index contributed by atoms with van der Waals surface area (Å²) in [6, 6.07) is 7.06. The lowest BCUT2D eigenvalue weighted by atomic mass is 9.83. The first-order valence-corrected chi connectivity index (χ1v) is 9.97. The molecule has 158 valence electrons. The number of hydrogen-bond donors (Lipinski definition) is 1. The summed E-state index contributed by atoms with van der Waals surface area (Å²) >= 11 is 5.97. The fraction of sp³-hybridized carbons (Fsp3) is 0.476. The molecule has 29 heavy (non-hydrogen) atoms. The van der Waals surface area contributed by atoms with Crippen LogP contribution in [0, 0.1) is 0 Å². The first-order chi connectivity index (χ1) is 13.7. The molecule has 0 saturated heterocycles. The molecule has 0 aromatic heterocycles. The third-order valence-corrected chi connectivity index (χ3v) is 5.03. The van der Waals surface area contributed by atoms with Gasteiger partial charge in [0.15, 0.2) is 0 Å². The normalized spacial score (nSPS) is 17.0. The number of benzene rings is 1. The predicted molar refractivity (Wildman–Crippen MR) is 111 cm³/mol. The number of hydrogen-bond acceptors (Lipinski definition) is 5. The minimum atomic E-state index is -0.476. The van der Waals surface area contributed by atoms with Crippen molar-refractivity contribution in [2.24, 2.45) is 0 Å². The van der Waals surface area contributed by atoms with Gasteiger partial charge in [-0.3, -0.25) is 9.59 Å². The number of esters is 1. The highest BCUT2D eigenvalue weighted by Crippen LogP contribution is 2.37. The fourth-order valence-electron chi connectivity index (χ4n) is 3.28. The molecule has 2 amide bonds. The van der Waals surface area contributed by atoms with Gasteiger partial charge >= 0.3 is 5.97 Å². The van der Waals surface area contributed by atoms with Crippen molar-refractivity contribution in [3.05, 3.63) is 46.1 Å². The molecule has 0 saturated carbocycles. The lowest BCUT2D eigenvalue weighted by molar-refractivity contribution is -0.141. The summed E-state index contributed by atoms with van der Waals surface area (Å²) in [7, 11) is 3.82. The first kappa shape index (κ1) is 22.9. The standard InChI is InChI=1S/C21H28ClN3O4/c1-5-29-21(28)20-14(2)25(13-18(26)23-10-11-24(3)4)19(27)12-17(20)15-6-8-16(22)9-7-15/h6-9,17H,5,10-13H2,1-4H3,(H,23,26). The summed E-state index contributed by atoms with van der Waals surface area (Å²) in [6.07, 6.45) is 0.0814. The molecule has 2 rings (SSSR count). The third kappa shape index (κ3) is 6.05. The quantitative estimate of drug-likeness (QED) is 0.651. The van der Waals surface area contributed by atoms with Gasteiger partial charge in [-0.25, -0.2) is 4.79 Å². The second-order valence-corrected chi connectivity index (χ2v) is 7.60. The van der Waals surface area contributed by atoms with Crippen LogP contribution in [0.15, 0.2) is 35.5 Å². The van der Waals surface area contributed by atoms with Crippen LogP contribution in [0.1, 0.15) is 31.7 Å². The van der Waals surface area contributed by atoms with Gasteiger partial charge in [-0.05, 0) is 45.6 Å². The van der Waals surface area contributed by atoms with E-state index in [2.05, 4.69) is 5.32 Å². The largest absolute Gasteiger partial charge is 0.463 e. The third-order valence-electron chi connectivity index (χ3n) is 4.77. The average Bonchev–Trinajstić information content (AvgIpc) is 2.65. The Balaban J connectivity index is 2.29. The number of amides is 2. The summed E-state index contributed by atoms with van der Waals surface area (Å²) in [6.45, 7) is 4.68. The van der Waals surface area contributed by atoms with Gasteiger partial charge in [0.1, 0.15) is 6.54 Å². The van der Waals surface area contributed by atoms with Crippen LogP contribution in [0.25, 0.3) is 0 Å². The van der Waals surface area contributed by atoms with Crippen molar-refractivity contribution in [1.29, 1.82) is 0 Å². The molecule has 1 aliphatic rings. The zero-order valence-corrected chi connectivity index (χ0v) is 18.1. The molecule has 7 nitrogen and oxygen atoms in total. The topological polar surface area (TPSA) is 79.0 Å². The smallest absolute Gasteiger partial charge is 0.336 e. The molecule has 1 aliphatic heterocycles. The Morgan fingerprint density at radius 1 is 1.28 bits per heavy atom. The van der Waals surface area contributed by atoms with E-state index in [4.69, 9.17) is 16.3 Å². The van der Waals surface area contributed by atoms with Gasteiger partial charge in [0, 0.05) is 36.1 Å². The van der Waals surface area contributed by atoms with E-state index in [9.17, 15) is 14.4 Å². The molecule has 0 fully saturated rings. The molecule has 1 N–H and O–H groups in total. The molecule has 0 spiro atoms. The number of nitrogens with zero attached hydrogens (tertiary/aromatic N) is 2. The Labute approximate surface area is 176 Å². The average molecular weight is 422 g/mol. The number of ether oxygens (including phenoxy) is 1. The maximum Gasteiger partial charge on any atom is 0.336 e. The molecule has 1 heterocycles. The van der Waals surface area contributed by atoms with E-state index in [0.29, 0.717) is 29.4 Å². The molecule has 0 aliphatic carbocycles. The number of likely N-dealkylation sites (N-methyl/N-ethyl adjacent to an activating group) is 1. The fourth-order valence-corrected chi connectivity index (χ4v) is 3.40.